The van der Waals surface area contributed by atoms with Crippen molar-refractivity contribution in [3.63, 3.8) is 0 Å². The van der Waals surface area contributed by atoms with Crippen LogP contribution in [-0.4, -0.2) is 42.0 Å². The number of carbonyl (C=O) groups excluding carboxylic acids is 1. The van der Waals surface area contributed by atoms with Crippen molar-refractivity contribution in [2.75, 3.05) is 26.2 Å². The summed E-state index contributed by atoms with van der Waals surface area (Å²) in [6.07, 6.45) is 1.73. The smallest absolute Gasteiger partial charge is 0.255 e. The van der Waals surface area contributed by atoms with Crippen LogP contribution in [0.15, 0.2) is 18.3 Å². The Morgan fingerprint density at radius 3 is 2.53 bits per heavy atom. The summed E-state index contributed by atoms with van der Waals surface area (Å²) < 4.78 is 0. The van der Waals surface area contributed by atoms with Gasteiger partial charge in [0.15, 0.2) is 0 Å². The highest BCUT2D eigenvalue weighted by Crippen LogP contribution is 2.27. The number of fused-ring (bicyclic) bond motifs is 1. The van der Waals surface area contributed by atoms with Crippen LogP contribution in [0, 0.1) is 18.8 Å². The number of nitrogens with zero attached hydrogens (tertiary/aromatic N) is 2. The van der Waals surface area contributed by atoms with Crippen LogP contribution in [-0.2, 0) is 0 Å². The molecule has 1 amide bonds. The Bertz CT molecular complexity index is 443. The Morgan fingerprint density at radius 2 is 1.95 bits per heavy atom. The van der Waals surface area contributed by atoms with Gasteiger partial charge in [0.2, 0.25) is 0 Å². The van der Waals surface area contributed by atoms with Crippen LogP contribution >= 0.6 is 24.8 Å². The Kier molecular flexibility index (Phi) is 5.59. The molecule has 6 heteroatoms. The molecule has 0 aromatic carbocycles. The van der Waals surface area contributed by atoms with Crippen LogP contribution in [0.25, 0.3) is 0 Å². The first-order valence-electron chi connectivity index (χ1n) is 6.17. The fourth-order valence-electron chi connectivity index (χ4n) is 2.90. The zero-order valence-corrected chi connectivity index (χ0v) is 12.5. The van der Waals surface area contributed by atoms with Gasteiger partial charge in [-0.25, -0.2) is 0 Å². The predicted molar refractivity (Wildman–Crippen MR) is 79.2 cm³/mol. The molecule has 1 aromatic heterocycles. The summed E-state index contributed by atoms with van der Waals surface area (Å²) in [5.41, 5.74) is 1.58. The molecule has 3 rings (SSSR count). The molecule has 106 valence electrons. The molecule has 3 heterocycles. The average molecular weight is 304 g/mol. The number of hydrogen-bond acceptors (Lipinski definition) is 3. The molecule has 2 atom stereocenters. The third kappa shape index (κ3) is 3.02. The van der Waals surface area contributed by atoms with Crippen molar-refractivity contribution < 1.29 is 4.79 Å². The minimum Gasteiger partial charge on any atom is -0.338 e. The van der Waals surface area contributed by atoms with Crippen molar-refractivity contribution in [3.05, 3.63) is 29.6 Å². The maximum atomic E-state index is 12.4. The maximum absolute atomic E-state index is 12.4. The minimum atomic E-state index is 0. The van der Waals surface area contributed by atoms with Crippen LogP contribution < -0.4 is 5.32 Å². The first kappa shape index (κ1) is 16.2. The van der Waals surface area contributed by atoms with Crippen molar-refractivity contribution in [2.24, 2.45) is 11.8 Å². The van der Waals surface area contributed by atoms with Crippen molar-refractivity contribution in [3.8, 4) is 0 Å². The van der Waals surface area contributed by atoms with E-state index in [1.165, 1.54) is 0 Å². The van der Waals surface area contributed by atoms with E-state index < -0.39 is 0 Å². The minimum absolute atomic E-state index is 0. The lowest BCUT2D eigenvalue weighted by atomic mass is 10.0. The summed E-state index contributed by atoms with van der Waals surface area (Å²) >= 11 is 0. The molecule has 1 aromatic rings. The normalized spacial score (nSPS) is 24.4. The highest BCUT2D eigenvalue weighted by molar-refractivity contribution is 5.95. The molecule has 0 bridgehead atoms. The molecule has 0 spiro atoms. The quantitative estimate of drug-likeness (QED) is 0.856. The lowest BCUT2D eigenvalue weighted by Gasteiger charge is -2.18. The van der Waals surface area contributed by atoms with Crippen LogP contribution in [0.2, 0.25) is 0 Å². The molecule has 2 aliphatic rings. The number of aryl methyl sites for hydroxylation is 1. The van der Waals surface area contributed by atoms with Crippen LogP contribution in [0.5, 0.6) is 0 Å². The summed E-state index contributed by atoms with van der Waals surface area (Å²) in [4.78, 5) is 18.5. The molecule has 2 fully saturated rings. The number of hydrogen-bond donors (Lipinski definition) is 1. The number of rotatable bonds is 1. The van der Waals surface area contributed by atoms with Crippen molar-refractivity contribution in [1.29, 1.82) is 0 Å². The number of pyridine rings is 1. The third-order valence-electron chi connectivity index (χ3n) is 3.91. The fraction of sp³-hybridized carbons (Fsp3) is 0.538. The Labute approximate surface area is 125 Å². The molecule has 4 nitrogen and oxygen atoms in total. The van der Waals surface area contributed by atoms with E-state index in [9.17, 15) is 4.79 Å². The Balaban J connectivity index is 0.000000902. The summed E-state index contributed by atoms with van der Waals surface area (Å²) in [6.45, 7) is 5.79. The predicted octanol–water partition coefficient (Wildman–Crippen LogP) is 1.53. The maximum Gasteiger partial charge on any atom is 0.255 e. The van der Waals surface area contributed by atoms with Gasteiger partial charge in [-0.2, -0.15) is 0 Å². The number of aromatic nitrogens is 1. The van der Waals surface area contributed by atoms with E-state index in [1.54, 1.807) is 6.20 Å². The number of nitrogens with one attached hydrogen (secondary N) is 1. The third-order valence-corrected chi connectivity index (χ3v) is 3.91. The summed E-state index contributed by atoms with van der Waals surface area (Å²) in [7, 11) is 0. The van der Waals surface area contributed by atoms with Gasteiger partial charge >= 0.3 is 0 Å². The van der Waals surface area contributed by atoms with E-state index in [1.807, 2.05) is 24.0 Å². The van der Waals surface area contributed by atoms with Crippen molar-refractivity contribution in [2.45, 2.75) is 6.92 Å². The van der Waals surface area contributed by atoms with Gasteiger partial charge in [0.1, 0.15) is 0 Å². The second kappa shape index (κ2) is 6.55. The van der Waals surface area contributed by atoms with E-state index in [2.05, 4.69) is 10.3 Å². The highest BCUT2D eigenvalue weighted by Gasteiger charge is 2.38. The zero-order chi connectivity index (χ0) is 11.8. The van der Waals surface area contributed by atoms with E-state index in [0.717, 1.165) is 37.4 Å². The zero-order valence-electron chi connectivity index (χ0n) is 10.8. The van der Waals surface area contributed by atoms with Crippen molar-refractivity contribution in [1.82, 2.24) is 15.2 Å². The topological polar surface area (TPSA) is 45.2 Å². The standard InChI is InChI=1S/C13H17N3O.2ClH/c1-9-12(3-2-4-15-9)13(17)16-7-10-5-14-6-11(10)8-16;;/h2-4,10-11,14H,5-8H2,1H3;2*1H/t10-,11+;;. The first-order valence-corrected chi connectivity index (χ1v) is 6.17. The van der Waals surface area contributed by atoms with E-state index in [4.69, 9.17) is 0 Å². The lowest BCUT2D eigenvalue weighted by molar-refractivity contribution is 0.0780. The van der Waals surface area contributed by atoms with Gasteiger partial charge in [-0.3, -0.25) is 9.78 Å². The summed E-state index contributed by atoms with van der Waals surface area (Å²) in [5, 5.41) is 3.38. The average Bonchev–Trinajstić information content (AvgIpc) is 2.88. The molecule has 0 unspecified atom stereocenters. The molecule has 0 aliphatic carbocycles. The SMILES string of the molecule is Cc1ncccc1C(=O)N1C[C@H]2CNC[C@H]2C1.Cl.Cl. The molecule has 0 saturated carbocycles. The van der Waals surface area contributed by atoms with Crippen LogP contribution in [0.4, 0.5) is 0 Å². The Hall–Kier alpha value is -0.840. The van der Waals surface area contributed by atoms with Crippen LogP contribution in [0.1, 0.15) is 16.1 Å². The van der Waals surface area contributed by atoms with E-state index in [0.29, 0.717) is 11.8 Å². The van der Waals surface area contributed by atoms with E-state index >= 15 is 0 Å². The van der Waals surface area contributed by atoms with Gasteiger partial charge in [-0.15, -0.1) is 24.8 Å². The first-order chi connectivity index (χ1) is 8.25. The largest absolute Gasteiger partial charge is 0.338 e. The second-order valence-corrected chi connectivity index (χ2v) is 5.02. The molecule has 2 saturated heterocycles. The second-order valence-electron chi connectivity index (χ2n) is 5.02. The molecule has 19 heavy (non-hydrogen) atoms. The molecular formula is C13H19Cl2N3O. The highest BCUT2D eigenvalue weighted by atomic mass is 35.5. The Morgan fingerprint density at radius 1 is 1.32 bits per heavy atom. The van der Waals surface area contributed by atoms with Gasteiger partial charge in [-0.05, 0) is 30.9 Å². The lowest BCUT2D eigenvalue weighted by Crippen LogP contribution is -2.32. The fourth-order valence-corrected chi connectivity index (χ4v) is 2.90. The van der Waals surface area contributed by atoms with Crippen molar-refractivity contribution >= 4 is 30.7 Å². The van der Waals surface area contributed by atoms with Gasteiger partial charge < -0.3 is 10.2 Å². The summed E-state index contributed by atoms with van der Waals surface area (Å²) in [6, 6.07) is 3.70. The number of carbonyl (C=O) groups is 1. The molecule has 0 radical (unpaired) electrons. The van der Waals surface area contributed by atoms with Gasteiger partial charge in [-0.1, -0.05) is 0 Å². The van der Waals surface area contributed by atoms with Gasteiger partial charge in [0.25, 0.3) is 5.91 Å². The van der Waals surface area contributed by atoms with Gasteiger partial charge in [0, 0.05) is 38.1 Å². The molecule has 1 N–H and O–H groups in total. The summed E-state index contributed by atoms with van der Waals surface area (Å²) in [5.74, 6) is 1.44. The number of likely N-dealkylation sites (tertiary alicyclic amines) is 1. The number of amides is 1. The van der Waals surface area contributed by atoms with E-state index in [-0.39, 0.29) is 30.7 Å². The molecular weight excluding hydrogens is 285 g/mol. The molecule has 2 aliphatic heterocycles. The van der Waals surface area contributed by atoms with Gasteiger partial charge in [0.05, 0.1) is 5.56 Å². The number of halogens is 2. The van der Waals surface area contributed by atoms with Crippen LogP contribution in [0.3, 0.4) is 0 Å². The monoisotopic (exact) mass is 303 g/mol.